The fraction of sp³-hybridized carbons (Fsp3) is 0.575. The molecule has 1 saturated heterocycles. The Bertz CT molecular complexity index is 1260. The first-order valence-corrected chi connectivity index (χ1v) is 20.0. The molecule has 2 aromatic rings. The molecule has 0 bridgehead atoms. The van der Waals surface area contributed by atoms with E-state index >= 15 is 0 Å². The second-order valence-corrected chi connectivity index (χ2v) is 15.8. The molecule has 1 aliphatic heterocycles. The van der Waals surface area contributed by atoms with Crippen LogP contribution in [0.2, 0.25) is 0 Å². The highest BCUT2D eigenvalue weighted by molar-refractivity contribution is 8.15. The van der Waals surface area contributed by atoms with Crippen molar-refractivity contribution in [1.29, 1.82) is 0 Å². The zero-order valence-electron chi connectivity index (χ0n) is 29.4. The smallest absolute Gasteiger partial charge is 0.336 e. The lowest BCUT2D eigenvalue weighted by atomic mass is 9.77. The van der Waals surface area contributed by atoms with E-state index in [0.717, 1.165) is 42.2 Å². The molecule has 0 spiro atoms. The summed E-state index contributed by atoms with van der Waals surface area (Å²) >= 11 is 3.14. The number of nitrogens with zero attached hydrogens (tertiary/aromatic N) is 1. The lowest BCUT2D eigenvalue weighted by Crippen LogP contribution is -2.56. The van der Waals surface area contributed by atoms with Crippen LogP contribution < -0.4 is 0 Å². The molecule has 0 aromatic heterocycles. The summed E-state index contributed by atoms with van der Waals surface area (Å²) in [6, 6.07) is 18.9. The highest BCUT2D eigenvalue weighted by Gasteiger charge is 2.60. The molecule has 2 amide bonds. The van der Waals surface area contributed by atoms with Crippen molar-refractivity contribution in [3.05, 3.63) is 83.9 Å². The second kappa shape index (κ2) is 20.2. The van der Waals surface area contributed by atoms with Gasteiger partial charge >= 0.3 is 5.97 Å². The lowest BCUT2D eigenvalue weighted by molar-refractivity contribution is -0.169. The molecule has 1 aliphatic rings. The fourth-order valence-corrected chi connectivity index (χ4v) is 9.47. The quantitative estimate of drug-likeness (QED) is 0.0935. The predicted molar refractivity (Wildman–Crippen MR) is 201 cm³/mol. The summed E-state index contributed by atoms with van der Waals surface area (Å²) in [5.41, 5.74) is -0.557. The minimum Gasteiger partial charge on any atom is -0.479 e. The van der Waals surface area contributed by atoms with Crippen molar-refractivity contribution >= 4 is 40.6 Å². The molecule has 0 saturated carbocycles. The van der Waals surface area contributed by atoms with Gasteiger partial charge in [-0.2, -0.15) is 11.8 Å². The van der Waals surface area contributed by atoms with Gasteiger partial charge in [-0.1, -0.05) is 145 Å². The molecular formula is C40H57NO5S2. The standard InChI is InChI=1S/C40H57NO5S2/c1-5-7-8-12-21-29-47-30-22-13-10-9-11-20-27-34(39(46,28-6-2)37(43)44)36(42)41-35(31(3)4)40(48-38(41)45,32-23-16-14-17-24-32)33-25-18-15-19-26-33/h14-20,23-27,31,34-35,46H,5-13,21-22,28-30H2,1-4H3,(H,43,44)/t34-,35?,39+/m1/s1. The normalized spacial score (nSPS) is 18.0. The third kappa shape index (κ3) is 10.0. The predicted octanol–water partition coefficient (Wildman–Crippen LogP) is 10.1. The van der Waals surface area contributed by atoms with Crippen molar-refractivity contribution in [3.8, 4) is 0 Å². The van der Waals surface area contributed by atoms with Crippen molar-refractivity contribution in [2.45, 2.75) is 121 Å². The largest absolute Gasteiger partial charge is 0.479 e. The molecule has 6 nitrogen and oxygen atoms in total. The van der Waals surface area contributed by atoms with Gasteiger partial charge in [0.25, 0.3) is 5.24 Å². The lowest BCUT2D eigenvalue weighted by Gasteiger charge is -2.41. The molecule has 8 heteroatoms. The van der Waals surface area contributed by atoms with E-state index < -0.39 is 39.4 Å². The highest BCUT2D eigenvalue weighted by atomic mass is 32.2. The van der Waals surface area contributed by atoms with E-state index in [1.54, 1.807) is 13.0 Å². The van der Waals surface area contributed by atoms with Crippen LogP contribution in [-0.4, -0.2) is 55.4 Å². The van der Waals surface area contributed by atoms with Crippen LogP contribution in [0, 0.1) is 11.8 Å². The van der Waals surface area contributed by atoms with E-state index in [0.29, 0.717) is 12.8 Å². The third-order valence-electron chi connectivity index (χ3n) is 9.33. The van der Waals surface area contributed by atoms with Gasteiger partial charge in [0, 0.05) is 0 Å². The van der Waals surface area contributed by atoms with Gasteiger partial charge < -0.3 is 10.2 Å². The summed E-state index contributed by atoms with van der Waals surface area (Å²) in [6.07, 6.45) is 15.2. The number of carbonyl (C=O) groups is 3. The Kier molecular flexibility index (Phi) is 16.8. The molecule has 0 radical (unpaired) electrons. The monoisotopic (exact) mass is 695 g/mol. The minimum atomic E-state index is -2.34. The van der Waals surface area contributed by atoms with E-state index in [1.165, 1.54) is 54.9 Å². The Morgan fingerprint density at radius 2 is 1.42 bits per heavy atom. The Labute approximate surface area is 297 Å². The maximum Gasteiger partial charge on any atom is 0.336 e. The Morgan fingerprint density at radius 1 is 0.875 bits per heavy atom. The zero-order chi connectivity index (χ0) is 35.0. The molecule has 264 valence electrons. The Balaban J connectivity index is 1.80. The fourth-order valence-electron chi connectivity index (χ4n) is 6.87. The topological polar surface area (TPSA) is 94.9 Å². The number of aliphatic carboxylic acids is 1. The summed E-state index contributed by atoms with van der Waals surface area (Å²) in [7, 11) is 0. The van der Waals surface area contributed by atoms with Crippen LogP contribution in [0.3, 0.4) is 0 Å². The van der Waals surface area contributed by atoms with Crippen LogP contribution in [0.1, 0.15) is 116 Å². The number of carboxylic acid groups (broad SMARTS) is 1. The van der Waals surface area contributed by atoms with Gasteiger partial charge in [-0.15, -0.1) is 0 Å². The first-order valence-electron chi connectivity index (χ1n) is 18.0. The summed E-state index contributed by atoms with van der Waals surface area (Å²) in [6.45, 7) is 7.99. The van der Waals surface area contributed by atoms with Crippen molar-refractivity contribution in [3.63, 3.8) is 0 Å². The number of unbranched alkanes of at least 4 members (excludes halogenated alkanes) is 8. The van der Waals surface area contributed by atoms with Crippen LogP contribution in [0.4, 0.5) is 4.79 Å². The van der Waals surface area contributed by atoms with E-state index in [1.807, 2.05) is 92.3 Å². The summed E-state index contributed by atoms with van der Waals surface area (Å²) in [5.74, 6) is -1.28. The number of allylic oxidation sites excluding steroid dienone is 1. The molecule has 2 aromatic carbocycles. The SMILES string of the molecule is CCCCCCCSCCCCCCC=C[C@H](C(=O)N1C(=O)SC(c2ccccc2)(c2ccccc2)C1C(C)C)[C@@](O)(CCC)C(=O)O. The van der Waals surface area contributed by atoms with Crippen LogP contribution in [0.15, 0.2) is 72.8 Å². The molecule has 48 heavy (non-hydrogen) atoms. The number of rotatable bonds is 22. The van der Waals surface area contributed by atoms with Crippen LogP contribution in [0.25, 0.3) is 0 Å². The highest BCUT2D eigenvalue weighted by Crippen LogP contribution is 2.56. The summed E-state index contributed by atoms with van der Waals surface area (Å²) in [4.78, 5) is 42.6. The molecule has 2 N–H and O–H groups in total. The van der Waals surface area contributed by atoms with Crippen molar-refractivity contribution in [2.75, 3.05) is 11.5 Å². The number of thioether (sulfide) groups is 2. The van der Waals surface area contributed by atoms with Gasteiger partial charge in [-0.05, 0) is 72.4 Å². The molecule has 3 atom stereocenters. The molecule has 0 aliphatic carbocycles. The van der Waals surface area contributed by atoms with Crippen LogP contribution in [-0.2, 0) is 14.3 Å². The van der Waals surface area contributed by atoms with Gasteiger partial charge in [0.15, 0.2) is 5.60 Å². The van der Waals surface area contributed by atoms with Gasteiger partial charge in [0.1, 0.15) is 0 Å². The first-order chi connectivity index (χ1) is 23.1. The number of amides is 2. The Morgan fingerprint density at radius 3 is 1.92 bits per heavy atom. The zero-order valence-corrected chi connectivity index (χ0v) is 31.1. The van der Waals surface area contributed by atoms with Crippen LogP contribution >= 0.6 is 23.5 Å². The molecule has 1 fully saturated rings. The number of imide groups is 1. The average Bonchev–Trinajstić information content (AvgIpc) is 3.41. The van der Waals surface area contributed by atoms with E-state index in [4.69, 9.17) is 0 Å². The van der Waals surface area contributed by atoms with Crippen molar-refractivity contribution in [2.24, 2.45) is 11.8 Å². The molecule has 1 unspecified atom stereocenters. The van der Waals surface area contributed by atoms with E-state index in [9.17, 15) is 24.6 Å². The Hall–Kier alpha value is -2.55. The maximum absolute atomic E-state index is 14.6. The molecular weight excluding hydrogens is 639 g/mol. The second-order valence-electron chi connectivity index (χ2n) is 13.3. The van der Waals surface area contributed by atoms with E-state index in [-0.39, 0.29) is 12.3 Å². The third-order valence-corrected chi connectivity index (χ3v) is 11.9. The van der Waals surface area contributed by atoms with Gasteiger partial charge in [0.05, 0.1) is 16.7 Å². The van der Waals surface area contributed by atoms with E-state index in [2.05, 4.69) is 6.92 Å². The summed E-state index contributed by atoms with van der Waals surface area (Å²) in [5, 5.41) is 21.5. The van der Waals surface area contributed by atoms with Crippen LogP contribution in [0.5, 0.6) is 0 Å². The number of carbonyl (C=O) groups excluding carboxylic acids is 2. The van der Waals surface area contributed by atoms with Gasteiger partial charge in [-0.3, -0.25) is 14.5 Å². The van der Waals surface area contributed by atoms with Crippen molar-refractivity contribution in [1.82, 2.24) is 4.90 Å². The molecule has 1 heterocycles. The maximum atomic E-state index is 14.6. The average molecular weight is 696 g/mol. The first kappa shape index (κ1) is 39.9. The minimum absolute atomic E-state index is 0.108. The van der Waals surface area contributed by atoms with Gasteiger partial charge in [0.2, 0.25) is 5.91 Å². The number of benzene rings is 2. The number of hydrogen-bond donors (Lipinski definition) is 2. The summed E-state index contributed by atoms with van der Waals surface area (Å²) < 4.78 is -0.906. The number of aliphatic hydroxyl groups is 1. The van der Waals surface area contributed by atoms with Gasteiger partial charge in [-0.25, -0.2) is 4.79 Å². The van der Waals surface area contributed by atoms with Crippen molar-refractivity contribution < 1.29 is 24.6 Å². The number of hydrogen-bond acceptors (Lipinski definition) is 6. The molecule has 3 rings (SSSR count). The number of carboxylic acids is 1.